The Morgan fingerprint density at radius 1 is 1.23 bits per heavy atom. The van der Waals surface area contributed by atoms with Crippen molar-refractivity contribution in [1.82, 2.24) is 14.7 Å². The Kier molecular flexibility index (Phi) is 11.7. The molecular weight excluding hydrogens is 274 g/mol. The van der Waals surface area contributed by atoms with Crippen molar-refractivity contribution in [3.05, 3.63) is 18.0 Å². The Hall–Kier alpha value is -1.16. The van der Waals surface area contributed by atoms with Crippen molar-refractivity contribution in [3.8, 4) is 0 Å². The van der Waals surface area contributed by atoms with Crippen molar-refractivity contribution < 1.29 is 4.79 Å². The number of piperidine rings is 1. The van der Waals surface area contributed by atoms with E-state index in [0.717, 1.165) is 13.1 Å². The van der Waals surface area contributed by atoms with Gasteiger partial charge in [0.2, 0.25) is 0 Å². The third-order valence-corrected chi connectivity index (χ3v) is 3.63. The average molecular weight is 309 g/mol. The zero-order valence-corrected chi connectivity index (χ0v) is 15.4. The second-order valence-corrected chi connectivity index (χ2v) is 5.83. The number of aromatic nitrogens is 2. The summed E-state index contributed by atoms with van der Waals surface area (Å²) in [5.41, 5.74) is 1.30. The van der Waals surface area contributed by atoms with E-state index in [-0.39, 0.29) is 0 Å². The summed E-state index contributed by atoms with van der Waals surface area (Å²) in [6.07, 6.45) is 8.54. The number of carbonyl (C=O) groups is 1. The van der Waals surface area contributed by atoms with Crippen LogP contribution in [0.2, 0.25) is 0 Å². The van der Waals surface area contributed by atoms with Gasteiger partial charge in [-0.1, -0.05) is 41.0 Å². The number of rotatable bonds is 4. The highest BCUT2D eigenvalue weighted by atomic mass is 16.1. The minimum atomic E-state index is 0.381. The molecular formula is C18H35N3O. The summed E-state index contributed by atoms with van der Waals surface area (Å²) in [4.78, 5) is 13.3. The summed E-state index contributed by atoms with van der Waals surface area (Å²) >= 11 is 0. The predicted molar refractivity (Wildman–Crippen MR) is 94.2 cm³/mol. The van der Waals surface area contributed by atoms with Crippen molar-refractivity contribution in [1.29, 1.82) is 0 Å². The SMILES string of the molecule is CC.CC(C)c1cnn(C)c1.CCC(=O)CN1CCCCC1. The fourth-order valence-electron chi connectivity index (χ4n) is 2.22. The van der Waals surface area contributed by atoms with Crippen LogP contribution in [0.4, 0.5) is 0 Å². The van der Waals surface area contributed by atoms with Crippen LogP contribution < -0.4 is 0 Å². The van der Waals surface area contributed by atoms with Gasteiger partial charge in [0.1, 0.15) is 5.78 Å². The lowest BCUT2D eigenvalue weighted by atomic mass is 10.1. The quantitative estimate of drug-likeness (QED) is 0.843. The van der Waals surface area contributed by atoms with Crippen LogP contribution in [-0.4, -0.2) is 40.1 Å². The van der Waals surface area contributed by atoms with Gasteiger partial charge in [-0.2, -0.15) is 5.10 Å². The summed E-state index contributed by atoms with van der Waals surface area (Å²) in [6, 6.07) is 0. The number of ketones is 1. The molecule has 128 valence electrons. The number of likely N-dealkylation sites (tertiary alicyclic amines) is 1. The first-order chi connectivity index (χ1) is 10.5. The fraction of sp³-hybridized carbons (Fsp3) is 0.778. The second-order valence-electron chi connectivity index (χ2n) is 5.83. The van der Waals surface area contributed by atoms with Crippen LogP contribution >= 0.6 is 0 Å². The molecule has 4 heteroatoms. The molecule has 0 radical (unpaired) electrons. The van der Waals surface area contributed by atoms with Gasteiger partial charge in [0.15, 0.2) is 0 Å². The molecule has 0 spiro atoms. The lowest BCUT2D eigenvalue weighted by molar-refractivity contribution is -0.120. The molecule has 1 aromatic heterocycles. The van der Waals surface area contributed by atoms with Crippen LogP contribution in [0, 0.1) is 0 Å². The van der Waals surface area contributed by atoms with Gasteiger partial charge < -0.3 is 0 Å². The number of aryl methyl sites for hydroxylation is 1. The van der Waals surface area contributed by atoms with Gasteiger partial charge in [-0.15, -0.1) is 0 Å². The zero-order valence-electron chi connectivity index (χ0n) is 15.4. The number of hydrogen-bond acceptors (Lipinski definition) is 3. The van der Waals surface area contributed by atoms with Crippen LogP contribution in [-0.2, 0) is 11.8 Å². The smallest absolute Gasteiger partial charge is 0.146 e. The molecule has 1 aromatic rings. The molecule has 1 aliphatic heterocycles. The van der Waals surface area contributed by atoms with Crippen molar-refractivity contribution >= 4 is 5.78 Å². The van der Waals surface area contributed by atoms with Crippen LogP contribution in [0.3, 0.4) is 0 Å². The molecule has 0 atom stereocenters. The standard InChI is InChI=1S/C9H17NO.C7H12N2.C2H6/c1-2-9(11)8-10-6-4-3-5-7-10;1-6(2)7-4-8-9(3)5-7;1-2/h2-8H2,1H3;4-6H,1-3H3;1-2H3. The van der Waals surface area contributed by atoms with E-state index >= 15 is 0 Å². The van der Waals surface area contributed by atoms with E-state index in [4.69, 9.17) is 0 Å². The highest BCUT2D eigenvalue weighted by molar-refractivity contribution is 5.80. The minimum absolute atomic E-state index is 0.381. The van der Waals surface area contributed by atoms with Gasteiger partial charge in [0.05, 0.1) is 12.7 Å². The number of nitrogens with zero attached hydrogens (tertiary/aromatic N) is 3. The molecule has 2 heterocycles. The summed E-state index contributed by atoms with van der Waals surface area (Å²) in [5.74, 6) is 0.977. The van der Waals surface area contributed by atoms with E-state index in [0.29, 0.717) is 24.7 Å². The van der Waals surface area contributed by atoms with Crippen molar-refractivity contribution in [2.45, 2.75) is 66.2 Å². The van der Waals surface area contributed by atoms with E-state index in [9.17, 15) is 4.79 Å². The van der Waals surface area contributed by atoms with Crippen LogP contribution in [0.25, 0.3) is 0 Å². The molecule has 2 rings (SSSR count). The summed E-state index contributed by atoms with van der Waals surface area (Å²) < 4.78 is 1.83. The van der Waals surface area contributed by atoms with Gasteiger partial charge >= 0.3 is 0 Å². The van der Waals surface area contributed by atoms with Gasteiger partial charge in [-0.3, -0.25) is 14.4 Å². The molecule has 1 saturated heterocycles. The minimum Gasteiger partial charge on any atom is -0.298 e. The maximum Gasteiger partial charge on any atom is 0.146 e. The molecule has 1 fully saturated rings. The molecule has 22 heavy (non-hydrogen) atoms. The monoisotopic (exact) mass is 309 g/mol. The number of Topliss-reactive ketones (excluding diaryl/α,β-unsaturated/α-hetero) is 1. The average Bonchev–Trinajstić information content (AvgIpc) is 2.98. The summed E-state index contributed by atoms with van der Waals surface area (Å²) in [7, 11) is 1.94. The highest BCUT2D eigenvalue weighted by Crippen LogP contribution is 2.11. The molecule has 0 saturated carbocycles. The van der Waals surface area contributed by atoms with Crippen LogP contribution in [0.5, 0.6) is 0 Å². The topological polar surface area (TPSA) is 38.1 Å². The van der Waals surface area contributed by atoms with E-state index in [1.807, 2.05) is 44.9 Å². The van der Waals surface area contributed by atoms with Crippen molar-refractivity contribution in [2.75, 3.05) is 19.6 Å². The fourth-order valence-corrected chi connectivity index (χ4v) is 2.22. The highest BCUT2D eigenvalue weighted by Gasteiger charge is 2.11. The van der Waals surface area contributed by atoms with E-state index in [1.165, 1.54) is 24.8 Å². The van der Waals surface area contributed by atoms with Gasteiger partial charge in [0.25, 0.3) is 0 Å². The largest absolute Gasteiger partial charge is 0.298 e. The summed E-state index contributed by atoms with van der Waals surface area (Å²) in [6.45, 7) is 13.2. The third kappa shape index (κ3) is 8.98. The Labute approximate surface area is 136 Å². The molecule has 0 aliphatic carbocycles. The Bertz CT molecular complexity index is 393. The normalized spacial score (nSPS) is 14.7. The molecule has 0 aromatic carbocycles. The first-order valence-corrected chi connectivity index (χ1v) is 8.75. The maximum atomic E-state index is 11.0. The molecule has 0 N–H and O–H groups in total. The van der Waals surface area contributed by atoms with Gasteiger partial charge in [0, 0.05) is 19.7 Å². The molecule has 0 amide bonds. The Morgan fingerprint density at radius 2 is 1.82 bits per heavy atom. The van der Waals surface area contributed by atoms with Crippen molar-refractivity contribution in [3.63, 3.8) is 0 Å². The van der Waals surface area contributed by atoms with Crippen LogP contribution in [0.1, 0.15) is 71.8 Å². The van der Waals surface area contributed by atoms with E-state index in [1.54, 1.807) is 0 Å². The van der Waals surface area contributed by atoms with Crippen LogP contribution in [0.15, 0.2) is 12.4 Å². The molecule has 4 nitrogen and oxygen atoms in total. The lowest BCUT2D eigenvalue weighted by Gasteiger charge is -2.25. The van der Waals surface area contributed by atoms with E-state index in [2.05, 4.69) is 23.8 Å². The maximum absolute atomic E-state index is 11.0. The second kappa shape index (κ2) is 12.4. The molecule has 0 bridgehead atoms. The van der Waals surface area contributed by atoms with Gasteiger partial charge in [-0.25, -0.2) is 0 Å². The van der Waals surface area contributed by atoms with E-state index < -0.39 is 0 Å². The predicted octanol–water partition coefficient (Wildman–Crippen LogP) is 4.02. The van der Waals surface area contributed by atoms with Gasteiger partial charge in [-0.05, 0) is 37.4 Å². The number of hydrogen-bond donors (Lipinski definition) is 0. The Morgan fingerprint density at radius 3 is 2.18 bits per heavy atom. The zero-order chi connectivity index (χ0) is 17.0. The molecule has 1 aliphatic rings. The first-order valence-electron chi connectivity index (χ1n) is 8.75. The molecule has 0 unspecified atom stereocenters. The third-order valence-electron chi connectivity index (χ3n) is 3.63. The Balaban J connectivity index is 0.000000366. The number of carbonyl (C=O) groups excluding carboxylic acids is 1. The summed E-state index contributed by atoms with van der Waals surface area (Å²) in [5, 5.41) is 4.05. The first kappa shape index (κ1) is 20.8. The van der Waals surface area contributed by atoms with Crippen molar-refractivity contribution in [2.24, 2.45) is 7.05 Å². The lowest BCUT2D eigenvalue weighted by Crippen LogP contribution is -2.34.